The van der Waals surface area contributed by atoms with E-state index >= 15 is 0 Å². The van der Waals surface area contributed by atoms with Gasteiger partial charge in [-0.25, -0.2) is 0 Å². The van der Waals surface area contributed by atoms with E-state index in [0.717, 1.165) is 16.5 Å². The molecule has 2 amide bonds. The summed E-state index contributed by atoms with van der Waals surface area (Å²) in [5.74, 6) is 0.345. The number of anilines is 2. The molecule has 4 rings (SSSR count). The number of nitrogens with one attached hydrogen (secondary N) is 2. The molecule has 0 radical (unpaired) electrons. The number of nitrogens with zero attached hydrogens (tertiary/aromatic N) is 2. The SMILES string of the molecule is O=C(CSc1nnc(NC(=O)COc2ccc3ccccc3c2)s1)Nc1ccccc1. The van der Waals surface area contributed by atoms with E-state index in [2.05, 4.69) is 20.8 Å². The van der Waals surface area contributed by atoms with E-state index < -0.39 is 0 Å². The van der Waals surface area contributed by atoms with Gasteiger partial charge in [0.1, 0.15) is 5.75 Å². The Morgan fingerprint density at radius 1 is 0.871 bits per heavy atom. The zero-order chi connectivity index (χ0) is 21.5. The maximum Gasteiger partial charge on any atom is 0.264 e. The smallest absolute Gasteiger partial charge is 0.264 e. The van der Waals surface area contributed by atoms with Crippen molar-refractivity contribution in [1.82, 2.24) is 10.2 Å². The number of rotatable bonds is 8. The summed E-state index contributed by atoms with van der Waals surface area (Å²) in [6.45, 7) is -0.139. The van der Waals surface area contributed by atoms with Gasteiger partial charge in [0.2, 0.25) is 11.0 Å². The lowest BCUT2D eigenvalue weighted by Gasteiger charge is -2.06. The summed E-state index contributed by atoms with van der Waals surface area (Å²) in [5, 5.41) is 15.9. The average molecular weight is 451 g/mol. The predicted octanol–water partition coefficient (Wildman–Crippen LogP) is 4.44. The van der Waals surface area contributed by atoms with E-state index in [4.69, 9.17) is 4.74 Å². The van der Waals surface area contributed by atoms with Crippen molar-refractivity contribution in [1.29, 1.82) is 0 Å². The fourth-order valence-electron chi connectivity index (χ4n) is 2.73. The summed E-state index contributed by atoms with van der Waals surface area (Å²) >= 11 is 2.46. The number of para-hydroxylation sites is 1. The Morgan fingerprint density at radius 2 is 1.65 bits per heavy atom. The van der Waals surface area contributed by atoms with E-state index in [1.54, 1.807) is 0 Å². The first-order valence-electron chi connectivity index (χ1n) is 9.38. The highest BCUT2D eigenvalue weighted by Gasteiger charge is 2.11. The summed E-state index contributed by atoms with van der Waals surface area (Å²) < 4.78 is 6.17. The second kappa shape index (κ2) is 10.1. The minimum absolute atomic E-state index is 0.138. The van der Waals surface area contributed by atoms with E-state index in [-0.39, 0.29) is 24.2 Å². The number of carbonyl (C=O) groups is 2. The summed E-state index contributed by atoms with van der Waals surface area (Å²) in [6, 6.07) is 22.8. The second-order valence-corrected chi connectivity index (χ2v) is 8.62. The highest BCUT2D eigenvalue weighted by molar-refractivity contribution is 8.01. The van der Waals surface area contributed by atoms with Gasteiger partial charge in [-0.15, -0.1) is 10.2 Å². The van der Waals surface area contributed by atoms with Crippen molar-refractivity contribution in [3.05, 3.63) is 72.8 Å². The molecule has 2 N–H and O–H groups in total. The lowest BCUT2D eigenvalue weighted by atomic mass is 10.1. The summed E-state index contributed by atoms with van der Waals surface area (Å²) in [5.41, 5.74) is 0.740. The molecule has 156 valence electrons. The Hall–Kier alpha value is -3.43. The van der Waals surface area contributed by atoms with Crippen LogP contribution in [0.5, 0.6) is 5.75 Å². The molecule has 0 fully saturated rings. The lowest BCUT2D eigenvalue weighted by Crippen LogP contribution is -2.20. The van der Waals surface area contributed by atoms with Gasteiger partial charge in [0.25, 0.3) is 5.91 Å². The molecule has 0 saturated heterocycles. The minimum atomic E-state index is -0.331. The van der Waals surface area contributed by atoms with Crippen LogP contribution in [0.25, 0.3) is 10.8 Å². The fraction of sp³-hybridized carbons (Fsp3) is 0.0909. The first-order chi connectivity index (χ1) is 15.2. The summed E-state index contributed by atoms with van der Waals surface area (Å²) in [6.07, 6.45) is 0. The molecule has 0 unspecified atom stereocenters. The highest BCUT2D eigenvalue weighted by Crippen LogP contribution is 2.26. The van der Waals surface area contributed by atoms with Gasteiger partial charge in [-0.2, -0.15) is 0 Å². The van der Waals surface area contributed by atoms with Crippen LogP contribution in [0, 0.1) is 0 Å². The number of aromatic nitrogens is 2. The largest absolute Gasteiger partial charge is 0.484 e. The molecule has 0 spiro atoms. The number of thioether (sulfide) groups is 1. The Bertz CT molecular complexity index is 1200. The maximum absolute atomic E-state index is 12.2. The van der Waals surface area contributed by atoms with E-state index in [0.29, 0.717) is 15.2 Å². The van der Waals surface area contributed by atoms with Crippen LogP contribution in [0.15, 0.2) is 77.1 Å². The molecule has 0 atom stereocenters. The van der Waals surface area contributed by atoms with Crippen molar-refractivity contribution in [3.8, 4) is 5.75 Å². The van der Waals surface area contributed by atoms with Crippen LogP contribution in [0.1, 0.15) is 0 Å². The van der Waals surface area contributed by atoms with Gasteiger partial charge in [0.15, 0.2) is 10.9 Å². The second-order valence-electron chi connectivity index (χ2n) is 6.42. The van der Waals surface area contributed by atoms with Crippen LogP contribution < -0.4 is 15.4 Å². The number of fused-ring (bicyclic) bond motifs is 1. The number of benzene rings is 3. The van der Waals surface area contributed by atoms with Crippen LogP contribution in [0.2, 0.25) is 0 Å². The molecule has 0 aliphatic heterocycles. The molecule has 3 aromatic carbocycles. The van der Waals surface area contributed by atoms with Crippen LogP contribution in [0.4, 0.5) is 10.8 Å². The van der Waals surface area contributed by atoms with Crippen molar-refractivity contribution >= 4 is 56.5 Å². The quantitative estimate of drug-likeness (QED) is 0.305. The van der Waals surface area contributed by atoms with Crippen molar-refractivity contribution in [2.45, 2.75) is 4.34 Å². The van der Waals surface area contributed by atoms with Gasteiger partial charge in [-0.3, -0.25) is 14.9 Å². The van der Waals surface area contributed by atoms with Gasteiger partial charge in [-0.05, 0) is 35.0 Å². The third kappa shape index (κ3) is 6.03. The monoisotopic (exact) mass is 450 g/mol. The van der Waals surface area contributed by atoms with Crippen molar-refractivity contribution in [2.24, 2.45) is 0 Å². The zero-order valence-corrected chi connectivity index (χ0v) is 17.9. The molecule has 0 bridgehead atoms. The van der Waals surface area contributed by atoms with Crippen LogP contribution in [-0.4, -0.2) is 34.4 Å². The van der Waals surface area contributed by atoms with E-state index in [1.165, 1.54) is 23.1 Å². The third-order valence-corrected chi connectivity index (χ3v) is 6.10. The Kier molecular flexibility index (Phi) is 6.75. The van der Waals surface area contributed by atoms with Crippen molar-refractivity contribution in [3.63, 3.8) is 0 Å². The Morgan fingerprint density at radius 3 is 2.48 bits per heavy atom. The Labute approximate surface area is 186 Å². The first-order valence-corrected chi connectivity index (χ1v) is 11.2. The topological polar surface area (TPSA) is 93.2 Å². The summed E-state index contributed by atoms with van der Waals surface area (Å²) in [4.78, 5) is 24.2. The van der Waals surface area contributed by atoms with Crippen LogP contribution in [-0.2, 0) is 9.59 Å². The average Bonchev–Trinajstić information content (AvgIpc) is 3.24. The molecule has 0 aliphatic carbocycles. The fourth-order valence-corrected chi connectivity index (χ4v) is 4.29. The normalized spacial score (nSPS) is 10.6. The van der Waals surface area contributed by atoms with Crippen molar-refractivity contribution < 1.29 is 14.3 Å². The lowest BCUT2D eigenvalue weighted by molar-refractivity contribution is -0.118. The predicted molar refractivity (Wildman–Crippen MR) is 124 cm³/mol. The minimum Gasteiger partial charge on any atom is -0.484 e. The number of ether oxygens (including phenoxy) is 1. The molecular weight excluding hydrogens is 432 g/mol. The van der Waals surface area contributed by atoms with Crippen molar-refractivity contribution in [2.75, 3.05) is 23.0 Å². The van der Waals surface area contributed by atoms with Crippen LogP contribution >= 0.6 is 23.1 Å². The van der Waals surface area contributed by atoms with Gasteiger partial charge in [0, 0.05) is 5.69 Å². The number of amides is 2. The van der Waals surface area contributed by atoms with Crippen LogP contribution in [0.3, 0.4) is 0 Å². The molecule has 31 heavy (non-hydrogen) atoms. The molecule has 0 saturated carbocycles. The molecule has 1 heterocycles. The van der Waals surface area contributed by atoms with E-state index in [1.807, 2.05) is 72.8 Å². The summed E-state index contributed by atoms with van der Waals surface area (Å²) in [7, 11) is 0. The maximum atomic E-state index is 12.2. The highest BCUT2D eigenvalue weighted by atomic mass is 32.2. The molecule has 4 aromatic rings. The zero-order valence-electron chi connectivity index (χ0n) is 16.3. The third-order valence-electron chi connectivity index (χ3n) is 4.13. The van der Waals surface area contributed by atoms with Gasteiger partial charge in [0.05, 0.1) is 5.75 Å². The Balaban J connectivity index is 1.23. The molecule has 1 aromatic heterocycles. The van der Waals surface area contributed by atoms with Gasteiger partial charge >= 0.3 is 0 Å². The van der Waals surface area contributed by atoms with Gasteiger partial charge in [-0.1, -0.05) is 71.6 Å². The molecular formula is C22H18N4O3S2. The molecule has 7 nitrogen and oxygen atoms in total. The molecule has 0 aliphatic rings. The number of hydrogen-bond acceptors (Lipinski definition) is 7. The first kappa shape index (κ1) is 20.8. The van der Waals surface area contributed by atoms with E-state index in [9.17, 15) is 9.59 Å². The standard InChI is InChI=1S/C22H18N4O3S2/c27-19(13-29-18-11-10-15-6-4-5-7-16(15)12-18)24-21-25-26-22(31-21)30-14-20(28)23-17-8-2-1-3-9-17/h1-12H,13-14H2,(H,23,28)(H,24,25,27). The van der Waals surface area contributed by atoms with Gasteiger partial charge < -0.3 is 10.1 Å². The molecule has 9 heteroatoms. The number of carbonyl (C=O) groups excluding carboxylic acids is 2. The number of hydrogen-bond donors (Lipinski definition) is 2.